The molecule has 100 valence electrons. The van der Waals surface area contributed by atoms with Gasteiger partial charge < -0.3 is 5.73 Å². The maximum atomic E-state index is 5.96. The van der Waals surface area contributed by atoms with Crippen molar-refractivity contribution in [3.05, 3.63) is 34.3 Å². The van der Waals surface area contributed by atoms with Crippen LogP contribution in [0.3, 0.4) is 0 Å². The van der Waals surface area contributed by atoms with Gasteiger partial charge in [-0.3, -0.25) is 0 Å². The first-order chi connectivity index (χ1) is 8.74. The Balaban J connectivity index is 2.07. The van der Waals surface area contributed by atoms with Gasteiger partial charge in [0, 0.05) is 4.47 Å². The summed E-state index contributed by atoms with van der Waals surface area (Å²) in [6.07, 6.45) is 6.57. The summed E-state index contributed by atoms with van der Waals surface area (Å²) in [6, 6.07) is 8.61. The zero-order valence-corrected chi connectivity index (χ0v) is 12.8. The standard InChI is InChI=1S/C16H24BrN/c1-2-12-7-8-14(11-18)15(9-12)10-13-5-3-4-6-16(13)17/h3-6,12,14-15H,2,7-11,18H2,1H3. The van der Waals surface area contributed by atoms with E-state index in [2.05, 4.69) is 47.1 Å². The van der Waals surface area contributed by atoms with Gasteiger partial charge in [0.05, 0.1) is 0 Å². The van der Waals surface area contributed by atoms with Crippen LogP contribution in [0.5, 0.6) is 0 Å². The molecule has 3 atom stereocenters. The molecule has 1 aromatic carbocycles. The molecular weight excluding hydrogens is 286 g/mol. The summed E-state index contributed by atoms with van der Waals surface area (Å²) in [6.45, 7) is 3.18. The maximum absolute atomic E-state index is 5.96. The minimum Gasteiger partial charge on any atom is -0.330 e. The van der Waals surface area contributed by atoms with Crippen LogP contribution in [0, 0.1) is 17.8 Å². The summed E-state index contributed by atoms with van der Waals surface area (Å²) in [5.74, 6) is 2.41. The molecule has 1 fully saturated rings. The SMILES string of the molecule is CCC1CCC(CN)C(Cc2ccccc2Br)C1. The van der Waals surface area contributed by atoms with Crippen molar-refractivity contribution in [1.29, 1.82) is 0 Å². The van der Waals surface area contributed by atoms with E-state index in [-0.39, 0.29) is 0 Å². The van der Waals surface area contributed by atoms with Crippen LogP contribution in [0.1, 0.15) is 38.2 Å². The molecule has 18 heavy (non-hydrogen) atoms. The highest BCUT2D eigenvalue weighted by Gasteiger charge is 2.29. The van der Waals surface area contributed by atoms with Crippen LogP contribution in [0.2, 0.25) is 0 Å². The van der Waals surface area contributed by atoms with Gasteiger partial charge in [0.2, 0.25) is 0 Å². The monoisotopic (exact) mass is 309 g/mol. The van der Waals surface area contributed by atoms with Crippen molar-refractivity contribution < 1.29 is 0 Å². The molecule has 2 heteroatoms. The van der Waals surface area contributed by atoms with Crippen LogP contribution in [0.15, 0.2) is 28.7 Å². The van der Waals surface area contributed by atoms with E-state index in [4.69, 9.17) is 5.73 Å². The van der Waals surface area contributed by atoms with Crippen molar-refractivity contribution in [2.45, 2.75) is 39.0 Å². The van der Waals surface area contributed by atoms with Crippen LogP contribution < -0.4 is 5.73 Å². The Morgan fingerprint density at radius 3 is 2.67 bits per heavy atom. The number of nitrogens with two attached hydrogens (primary N) is 1. The molecule has 3 unspecified atom stereocenters. The van der Waals surface area contributed by atoms with Crippen LogP contribution >= 0.6 is 15.9 Å². The molecule has 0 amide bonds. The van der Waals surface area contributed by atoms with E-state index in [0.29, 0.717) is 0 Å². The smallest absolute Gasteiger partial charge is 0.0207 e. The topological polar surface area (TPSA) is 26.0 Å². The Labute approximate surface area is 119 Å². The lowest BCUT2D eigenvalue weighted by Gasteiger charge is -2.35. The molecule has 1 aromatic rings. The molecule has 0 aromatic heterocycles. The third-order valence-electron chi connectivity index (χ3n) is 4.57. The number of rotatable bonds is 4. The third-order valence-corrected chi connectivity index (χ3v) is 5.34. The Hall–Kier alpha value is -0.340. The lowest BCUT2D eigenvalue weighted by Crippen LogP contribution is -2.31. The predicted octanol–water partition coefficient (Wildman–Crippen LogP) is 4.39. The van der Waals surface area contributed by atoms with Gasteiger partial charge in [-0.2, -0.15) is 0 Å². The van der Waals surface area contributed by atoms with E-state index >= 15 is 0 Å². The molecule has 1 aliphatic carbocycles. The lowest BCUT2D eigenvalue weighted by atomic mass is 9.71. The molecule has 0 bridgehead atoms. The van der Waals surface area contributed by atoms with Gasteiger partial charge in [-0.15, -0.1) is 0 Å². The Morgan fingerprint density at radius 1 is 1.22 bits per heavy atom. The largest absolute Gasteiger partial charge is 0.330 e. The van der Waals surface area contributed by atoms with E-state index < -0.39 is 0 Å². The van der Waals surface area contributed by atoms with Gasteiger partial charge in [-0.05, 0) is 55.2 Å². The van der Waals surface area contributed by atoms with Crippen molar-refractivity contribution in [2.75, 3.05) is 6.54 Å². The first-order valence-corrected chi connectivity index (χ1v) is 7.97. The van der Waals surface area contributed by atoms with Gasteiger partial charge in [0.25, 0.3) is 0 Å². The number of hydrogen-bond donors (Lipinski definition) is 1. The Morgan fingerprint density at radius 2 is 2.00 bits per heavy atom. The fourth-order valence-corrected chi connectivity index (χ4v) is 3.75. The summed E-state index contributed by atoms with van der Waals surface area (Å²) < 4.78 is 1.25. The molecule has 0 aliphatic heterocycles. The summed E-state index contributed by atoms with van der Waals surface area (Å²) >= 11 is 3.67. The fourth-order valence-electron chi connectivity index (χ4n) is 3.30. The molecule has 0 radical (unpaired) electrons. The highest BCUT2D eigenvalue weighted by molar-refractivity contribution is 9.10. The van der Waals surface area contributed by atoms with E-state index in [1.54, 1.807) is 0 Å². The second kappa shape index (κ2) is 6.72. The van der Waals surface area contributed by atoms with E-state index in [0.717, 1.165) is 24.3 Å². The van der Waals surface area contributed by atoms with E-state index in [9.17, 15) is 0 Å². The minimum atomic E-state index is 0.722. The van der Waals surface area contributed by atoms with Crippen molar-refractivity contribution in [3.8, 4) is 0 Å². The number of halogens is 1. The average Bonchev–Trinajstić information content (AvgIpc) is 2.41. The molecule has 1 nitrogen and oxygen atoms in total. The van der Waals surface area contributed by atoms with Crippen LogP contribution in [-0.2, 0) is 6.42 Å². The quantitative estimate of drug-likeness (QED) is 0.877. The Bertz CT molecular complexity index is 377. The molecule has 0 saturated heterocycles. The molecule has 0 heterocycles. The lowest BCUT2D eigenvalue weighted by molar-refractivity contribution is 0.179. The Kier molecular flexibility index (Phi) is 5.25. The molecule has 2 N–H and O–H groups in total. The highest BCUT2D eigenvalue weighted by Crippen LogP contribution is 2.37. The molecule has 2 rings (SSSR count). The van der Waals surface area contributed by atoms with E-state index in [1.165, 1.54) is 42.1 Å². The number of hydrogen-bond acceptors (Lipinski definition) is 1. The summed E-state index contributed by atoms with van der Waals surface area (Å²) in [5, 5.41) is 0. The normalized spacial score (nSPS) is 28.3. The van der Waals surface area contributed by atoms with Crippen molar-refractivity contribution in [3.63, 3.8) is 0 Å². The molecule has 1 aliphatic rings. The zero-order valence-electron chi connectivity index (χ0n) is 11.2. The first-order valence-electron chi connectivity index (χ1n) is 7.18. The summed E-state index contributed by atoms with van der Waals surface area (Å²) in [5.41, 5.74) is 7.40. The van der Waals surface area contributed by atoms with Gasteiger partial charge >= 0.3 is 0 Å². The van der Waals surface area contributed by atoms with Crippen molar-refractivity contribution in [1.82, 2.24) is 0 Å². The summed E-state index contributed by atoms with van der Waals surface area (Å²) in [4.78, 5) is 0. The van der Waals surface area contributed by atoms with E-state index in [1.807, 2.05) is 0 Å². The molecule has 1 saturated carbocycles. The third kappa shape index (κ3) is 3.36. The minimum absolute atomic E-state index is 0.722. The highest BCUT2D eigenvalue weighted by atomic mass is 79.9. The average molecular weight is 310 g/mol. The molecule has 0 spiro atoms. The van der Waals surface area contributed by atoms with Crippen molar-refractivity contribution in [2.24, 2.45) is 23.5 Å². The van der Waals surface area contributed by atoms with Gasteiger partial charge in [0.15, 0.2) is 0 Å². The van der Waals surface area contributed by atoms with Gasteiger partial charge in [-0.1, -0.05) is 53.9 Å². The van der Waals surface area contributed by atoms with Crippen LogP contribution in [0.25, 0.3) is 0 Å². The maximum Gasteiger partial charge on any atom is 0.0207 e. The van der Waals surface area contributed by atoms with Crippen LogP contribution in [-0.4, -0.2) is 6.54 Å². The van der Waals surface area contributed by atoms with Crippen LogP contribution in [0.4, 0.5) is 0 Å². The van der Waals surface area contributed by atoms with Crippen molar-refractivity contribution >= 4 is 15.9 Å². The predicted molar refractivity (Wildman–Crippen MR) is 81.5 cm³/mol. The second-order valence-electron chi connectivity index (χ2n) is 5.64. The molecular formula is C16H24BrN. The first kappa shape index (κ1) is 14.1. The fraction of sp³-hybridized carbons (Fsp3) is 0.625. The summed E-state index contributed by atoms with van der Waals surface area (Å²) in [7, 11) is 0. The zero-order chi connectivity index (χ0) is 13.0. The second-order valence-corrected chi connectivity index (χ2v) is 6.49. The van der Waals surface area contributed by atoms with Gasteiger partial charge in [-0.25, -0.2) is 0 Å². The van der Waals surface area contributed by atoms with Gasteiger partial charge in [0.1, 0.15) is 0 Å². The number of benzene rings is 1.